The molecule has 0 aliphatic carbocycles. The summed E-state index contributed by atoms with van der Waals surface area (Å²) in [5.74, 6) is 0.809. The molecule has 1 aromatic carbocycles. The second-order valence-electron chi connectivity index (χ2n) is 5.72. The number of nitrogens with two attached hydrogens (primary N) is 1. The van der Waals surface area contributed by atoms with Gasteiger partial charge < -0.3 is 20.3 Å². The van der Waals surface area contributed by atoms with Crippen LogP contribution < -0.4 is 15.4 Å². The summed E-state index contributed by atoms with van der Waals surface area (Å²) in [5, 5.41) is 0. The van der Waals surface area contributed by atoms with Gasteiger partial charge in [-0.25, -0.2) is 0 Å². The minimum Gasteiger partial charge on any atom is -0.491 e. The Bertz CT molecular complexity index is 428. The van der Waals surface area contributed by atoms with Gasteiger partial charge in [-0.05, 0) is 51.5 Å². The summed E-state index contributed by atoms with van der Waals surface area (Å²) >= 11 is 0. The van der Waals surface area contributed by atoms with E-state index in [4.69, 9.17) is 10.5 Å². The summed E-state index contributed by atoms with van der Waals surface area (Å²) < 4.78 is 5.72. The second kappa shape index (κ2) is 6.84. The zero-order valence-electron chi connectivity index (χ0n) is 12.9. The van der Waals surface area contributed by atoms with Crippen LogP contribution in [0.4, 0.5) is 11.4 Å². The van der Waals surface area contributed by atoms with Crippen LogP contribution in [0.3, 0.4) is 0 Å². The maximum Gasteiger partial charge on any atom is 0.144 e. The molecule has 0 saturated carbocycles. The van der Waals surface area contributed by atoms with Crippen molar-refractivity contribution >= 4 is 11.4 Å². The topological polar surface area (TPSA) is 41.7 Å². The van der Waals surface area contributed by atoms with Gasteiger partial charge in [0.1, 0.15) is 5.75 Å². The van der Waals surface area contributed by atoms with Gasteiger partial charge >= 0.3 is 0 Å². The lowest BCUT2D eigenvalue weighted by Crippen LogP contribution is -2.41. The van der Waals surface area contributed by atoms with E-state index in [9.17, 15) is 0 Å². The van der Waals surface area contributed by atoms with Crippen LogP contribution in [-0.4, -0.2) is 44.7 Å². The third-order valence-electron chi connectivity index (χ3n) is 4.10. The molecule has 0 aromatic heterocycles. The van der Waals surface area contributed by atoms with Crippen molar-refractivity contribution in [1.29, 1.82) is 0 Å². The second-order valence-corrected chi connectivity index (χ2v) is 5.72. The van der Waals surface area contributed by atoms with Crippen molar-refractivity contribution in [1.82, 2.24) is 4.90 Å². The van der Waals surface area contributed by atoms with Crippen molar-refractivity contribution in [2.24, 2.45) is 0 Å². The Balaban J connectivity index is 2.07. The summed E-state index contributed by atoms with van der Waals surface area (Å²) in [4.78, 5) is 4.76. The van der Waals surface area contributed by atoms with Crippen molar-refractivity contribution in [3.8, 4) is 5.75 Å². The monoisotopic (exact) mass is 277 g/mol. The number of nitrogens with zero attached hydrogens (tertiary/aromatic N) is 2. The first-order chi connectivity index (χ1) is 9.61. The summed E-state index contributed by atoms with van der Waals surface area (Å²) in [5.41, 5.74) is 7.89. The molecule has 0 amide bonds. The van der Waals surface area contributed by atoms with Crippen LogP contribution in [0.15, 0.2) is 18.2 Å². The van der Waals surface area contributed by atoms with Gasteiger partial charge in [0.2, 0.25) is 0 Å². The maximum absolute atomic E-state index is 5.98. The molecule has 1 saturated heterocycles. The highest BCUT2D eigenvalue weighted by Gasteiger charge is 2.21. The molecule has 0 spiro atoms. The number of piperidine rings is 1. The first-order valence-corrected chi connectivity index (χ1v) is 7.55. The first kappa shape index (κ1) is 15.0. The lowest BCUT2D eigenvalue weighted by Gasteiger charge is -2.36. The molecule has 0 atom stereocenters. The van der Waals surface area contributed by atoms with Gasteiger partial charge in [-0.1, -0.05) is 6.92 Å². The third-order valence-corrected chi connectivity index (χ3v) is 4.10. The van der Waals surface area contributed by atoms with Gasteiger partial charge in [-0.2, -0.15) is 0 Å². The zero-order valence-corrected chi connectivity index (χ0v) is 12.9. The average Bonchev–Trinajstić information content (AvgIpc) is 2.46. The average molecular weight is 277 g/mol. The molecule has 1 heterocycles. The van der Waals surface area contributed by atoms with E-state index < -0.39 is 0 Å². The Kier molecular flexibility index (Phi) is 5.12. The fraction of sp³-hybridized carbons (Fsp3) is 0.625. The molecule has 2 N–H and O–H groups in total. The number of rotatable bonds is 5. The van der Waals surface area contributed by atoms with Crippen LogP contribution in [-0.2, 0) is 0 Å². The fourth-order valence-corrected chi connectivity index (χ4v) is 2.67. The van der Waals surface area contributed by atoms with E-state index in [0.29, 0.717) is 12.6 Å². The molecule has 2 rings (SSSR count). The fourth-order valence-electron chi connectivity index (χ4n) is 2.67. The number of hydrogen-bond acceptors (Lipinski definition) is 4. The molecule has 1 aromatic rings. The molecule has 4 heteroatoms. The van der Waals surface area contributed by atoms with Crippen LogP contribution in [0.25, 0.3) is 0 Å². The summed E-state index contributed by atoms with van der Waals surface area (Å²) in [7, 11) is 4.36. The van der Waals surface area contributed by atoms with Crippen LogP contribution in [0.1, 0.15) is 26.2 Å². The van der Waals surface area contributed by atoms with E-state index in [-0.39, 0.29) is 0 Å². The highest BCUT2D eigenvalue weighted by atomic mass is 16.5. The van der Waals surface area contributed by atoms with Gasteiger partial charge in [0.15, 0.2) is 0 Å². The van der Waals surface area contributed by atoms with Gasteiger partial charge in [-0.15, -0.1) is 0 Å². The molecule has 112 valence electrons. The van der Waals surface area contributed by atoms with Crippen LogP contribution >= 0.6 is 0 Å². The minimum absolute atomic E-state index is 0.605. The third kappa shape index (κ3) is 3.57. The Morgan fingerprint density at radius 2 is 2.05 bits per heavy atom. The highest BCUT2D eigenvalue weighted by molar-refractivity contribution is 5.62. The number of benzene rings is 1. The summed E-state index contributed by atoms with van der Waals surface area (Å²) in [6, 6.07) is 6.72. The Hall–Kier alpha value is -1.42. The predicted octanol–water partition coefficient (Wildman–Crippen LogP) is 2.59. The van der Waals surface area contributed by atoms with Crippen molar-refractivity contribution < 1.29 is 4.74 Å². The predicted molar refractivity (Wildman–Crippen MR) is 85.6 cm³/mol. The molecule has 0 radical (unpaired) electrons. The van der Waals surface area contributed by atoms with Crippen LogP contribution in [0.5, 0.6) is 5.75 Å². The molecule has 0 unspecified atom stereocenters. The largest absolute Gasteiger partial charge is 0.491 e. The van der Waals surface area contributed by atoms with E-state index in [2.05, 4.69) is 43.0 Å². The van der Waals surface area contributed by atoms with Crippen molar-refractivity contribution in [3.63, 3.8) is 0 Å². The number of likely N-dealkylation sites (tertiary alicyclic amines) is 1. The standard InChI is InChI=1S/C16H27N3O/c1-4-11-20-16-12-14(5-6-15(16)17)19(3)13-7-9-18(2)10-8-13/h5-6,12-13H,4,7-11,17H2,1-3H3. The molecule has 4 nitrogen and oxygen atoms in total. The Morgan fingerprint density at radius 3 is 2.70 bits per heavy atom. The van der Waals surface area contributed by atoms with Crippen molar-refractivity contribution in [2.45, 2.75) is 32.2 Å². The van der Waals surface area contributed by atoms with Gasteiger partial charge in [0, 0.05) is 24.8 Å². The van der Waals surface area contributed by atoms with Gasteiger partial charge in [-0.3, -0.25) is 0 Å². The Morgan fingerprint density at radius 1 is 1.35 bits per heavy atom. The summed E-state index contributed by atoms with van der Waals surface area (Å²) in [6.07, 6.45) is 3.42. The van der Waals surface area contributed by atoms with Gasteiger partial charge in [0.05, 0.1) is 12.3 Å². The lowest BCUT2D eigenvalue weighted by molar-refractivity contribution is 0.252. The van der Waals surface area contributed by atoms with E-state index in [1.807, 2.05) is 6.07 Å². The van der Waals surface area contributed by atoms with E-state index in [0.717, 1.165) is 17.9 Å². The Labute approximate surface area is 122 Å². The number of nitrogen functional groups attached to an aromatic ring is 1. The zero-order chi connectivity index (χ0) is 14.5. The number of anilines is 2. The van der Waals surface area contributed by atoms with E-state index >= 15 is 0 Å². The SMILES string of the molecule is CCCOc1cc(N(C)C2CCN(C)CC2)ccc1N. The molecule has 20 heavy (non-hydrogen) atoms. The molecule has 1 fully saturated rings. The maximum atomic E-state index is 5.98. The number of ether oxygens (including phenoxy) is 1. The molecule has 1 aliphatic heterocycles. The van der Waals surface area contributed by atoms with Crippen LogP contribution in [0, 0.1) is 0 Å². The first-order valence-electron chi connectivity index (χ1n) is 7.55. The molecular weight excluding hydrogens is 250 g/mol. The van der Waals surface area contributed by atoms with E-state index in [1.165, 1.54) is 31.6 Å². The normalized spacial score (nSPS) is 17.1. The molecular formula is C16H27N3O. The lowest BCUT2D eigenvalue weighted by atomic mass is 10.0. The van der Waals surface area contributed by atoms with Gasteiger partial charge in [0.25, 0.3) is 0 Å². The quantitative estimate of drug-likeness (QED) is 0.840. The van der Waals surface area contributed by atoms with Crippen molar-refractivity contribution in [2.75, 3.05) is 44.4 Å². The highest BCUT2D eigenvalue weighted by Crippen LogP contribution is 2.30. The summed E-state index contributed by atoms with van der Waals surface area (Å²) in [6.45, 7) is 5.16. The van der Waals surface area contributed by atoms with Crippen LogP contribution in [0.2, 0.25) is 0 Å². The minimum atomic E-state index is 0.605. The smallest absolute Gasteiger partial charge is 0.144 e. The molecule has 0 bridgehead atoms. The molecule has 1 aliphatic rings. The number of hydrogen-bond donors (Lipinski definition) is 1. The van der Waals surface area contributed by atoms with E-state index in [1.54, 1.807) is 0 Å². The van der Waals surface area contributed by atoms with Crippen molar-refractivity contribution in [3.05, 3.63) is 18.2 Å².